The molecule has 0 saturated carbocycles. The Morgan fingerprint density at radius 2 is 1.84 bits per heavy atom. The van der Waals surface area contributed by atoms with Gasteiger partial charge in [0.15, 0.2) is 0 Å². The summed E-state index contributed by atoms with van der Waals surface area (Å²) < 4.78 is 14.3. The Bertz CT molecular complexity index is 738. The molecule has 7 heteroatoms. The summed E-state index contributed by atoms with van der Waals surface area (Å²) in [6.07, 6.45) is 2.60. The number of anilines is 2. The first-order valence-electron chi connectivity index (χ1n) is 8.62. The Morgan fingerprint density at radius 1 is 1.12 bits per heavy atom. The molecule has 2 aromatic rings. The maximum atomic E-state index is 13.0. The monoisotopic (exact) mass is 345 g/mol. The number of hydrogen-bond acceptors (Lipinski definition) is 5. The van der Waals surface area contributed by atoms with E-state index in [2.05, 4.69) is 20.2 Å². The summed E-state index contributed by atoms with van der Waals surface area (Å²) in [6, 6.07) is 8.41. The third-order valence-electron chi connectivity index (χ3n) is 4.54. The molecule has 1 aliphatic rings. The van der Waals surface area contributed by atoms with Crippen LogP contribution in [0.2, 0.25) is 0 Å². The summed E-state index contributed by atoms with van der Waals surface area (Å²) in [6.45, 7) is 5.64. The number of hydrogen-bond donors (Lipinski definition) is 1. The first-order valence-corrected chi connectivity index (χ1v) is 8.62. The number of aryl methyl sites for hydroxylation is 1. The van der Waals surface area contributed by atoms with Crippen molar-refractivity contribution < 1.29 is 4.39 Å². The van der Waals surface area contributed by atoms with Gasteiger partial charge in [0, 0.05) is 51.7 Å². The van der Waals surface area contributed by atoms with Crippen LogP contribution in [0.25, 0.3) is 0 Å². The third kappa shape index (κ3) is 4.57. The molecule has 1 aliphatic heterocycles. The zero-order valence-electron chi connectivity index (χ0n) is 14.5. The summed E-state index contributed by atoms with van der Waals surface area (Å²) in [5, 5.41) is 7.10. The number of aromatic nitrogens is 2. The third-order valence-corrected chi connectivity index (χ3v) is 4.54. The second kappa shape index (κ2) is 8.11. The Hall–Kier alpha value is -2.41. The smallest absolute Gasteiger partial charge is 0.289 e. The van der Waals surface area contributed by atoms with E-state index >= 15 is 0 Å². The first kappa shape index (κ1) is 17.4. The number of benzene rings is 1. The van der Waals surface area contributed by atoms with E-state index in [-0.39, 0.29) is 11.4 Å². The van der Waals surface area contributed by atoms with Gasteiger partial charge < -0.3 is 10.2 Å². The summed E-state index contributed by atoms with van der Waals surface area (Å²) >= 11 is 0. The predicted octanol–water partition coefficient (Wildman–Crippen LogP) is 1.54. The molecule has 134 valence electrons. The van der Waals surface area contributed by atoms with Gasteiger partial charge in [0.05, 0.1) is 0 Å². The first-order chi connectivity index (χ1) is 12.1. The summed E-state index contributed by atoms with van der Waals surface area (Å²) in [7, 11) is 1.65. The molecule has 0 unspecified atom stereocenters. The molecule has 0 amide bonds. The molecule has 0 aliphatic carbocycles. The van der Waals surface area contributed by atoms with Crippen LogP contribution in [0.3, 0.4) is 0 Å². The van der Waals surface area contributed by atoms with Crippen molar-refractivity contribution in [3.8, 4) is 0 Å². The number of halogens is 1. The molecule has 0 spiro atoms. The molecule has 0 bridgehead atoms. The topological polar surface area (TPSA) is 53.4 Å². The normalized spacial score (nSPS) is 15.4. The molecular formula is C18H24FN5O. The van der Waals surface area contributed by atoms with E-state index in [1.165, 1.54) is 16.8 Å². The Balaban J connectivity index is 1.39. The fourth-order valence-corrected chi connectivity index (χ4v) is 3.05. The van der Waals surface area contributed by atoms with Gasteiger partial charge in [-0.05, 0) is 43.3 Å². The van der Waals surface area contributed by atoms with Crippen LogP contribution < -0.4 is 15.8 Å². The standard InChI is InChI=1S/C18H24FN5O/c1-22-18(25)17(7-9-21-22)20-8-2-10-23-11-13-24(14-12-23)16-5-3-15(19)4-6-16/h3-7,9,20H,2,8,10-14H2,1H3. The maximum absolute atomic E-state index is 13.0. The van der Waals surface area contributed by atoms with E-state index in [1.807, 2.05) is 12.1 Å². The largest absolute Gasteiger partial charge is 0.380 e. The second-order valence-corrected chi connectivity index (χ2v) is 6.26. The highest BCUT2D eigenvalue weighted by Gasteiger charge is 2.16. The minimum Gasteiger partial charge on any atom is -0.380 e. The predicted molar refractivity (Wildman–Crippen MR) is 97.6 cm³/mol. The lowest BCUT2D eigenvalue weighted by molar-refractivity contribution is 0.257. The summed E-state index contributed by atoms with van der Waals surface area (Å²) in [4.78, 5) is 16.6. The minimum absolute atomic E-state index is 0.101. The van der Waals surface area contributed by atoms with Crippen molar-refractivity contribution in [2.24, 2.45) is 7.05 Å². The van der Waals surface area contributed by atoms with Gasteiger partial charge in [-0.3, -0.25) is 9.69 Å². The molecule has 3 rings (SSSR count). The number of piperazine rings is 1. The Labute approximate surface area is 146 Å². The van der Waals surface area contributed by atoms with Crippen molar-refractivity contribution in [1.82, 2.24) is 14.7 Å². The highest BCUT2D eigenvalue weighted by atomic mass is 19.1. The van der Waals surface area contributed by atoms with Crippen LogP contribution in [0.5, 0.6) is 0 Å². The minimum atomic E-state index is -0.195. The van der Waals surface area contributed by atoms with Gasteiger partial charge in [-0.2, -0.15) is 5.10 Å². The van der Waals surface area contributed by atoms with Crippen molar-refractivity contribution in [2.75, 3.05) is 49.5 Å². The lowest BCUT2D eigenvalue weighted by atomic mass is 10.2. The average molecular weight is 345 g/mol. The number of rotatable bonds is 6. The van der Waals surface area contributed by atoms with E-state index in [0.717, 1.165) is 51.4 Å². The van der Waals surface area contributed by atoms with Crippen LogP contribution >= 0.6 is 0 Å². The van der Waals surface area contributed by atoms with Crippen molar-refractivity contribution >= 4 is 11.4 Å². The molecule has 0 radical (unpaired) electrons. The van der Waals surface area contributed by atoms with Gasteiger partial charge >= 0.3 is 0 Å². The quantitative estimate of drug-likeness (QED) is 0.805. The van der Waals surface area contributed by atoms with Crippen LogP contribution in [0.15, 0.2) is 41.3 Å². The fourth-order valence-electron chi connectivity index (χ4n) is 3.05. The van der Waals surface area contributed by atoms with E-state index in [1.54, 1.807) is 19.3 Å². The van der Waals surface area contributed by atoms with E-state index in [4.69, 9.17) is 0 Å². The second-order valence-electron chi connectivity index (χ2n) is 6.26. The van der Waals surface area contributed by atoms with Crippen molar-refractivity contribution in [3.63, 3.8) is 0 Å². The van der Waals surface area contributed by atoms with Crippen LogP contribution in [0.4, 0.5) is 15.8 Å². The van der Waals surface area contributed by atoms with Gasteiger partial charge in [0.2, 0.25) is 0 Å². The molecule has 6 nitrogen and oxygen atoms in total. The fraction of sp³-hybridized carbons (Fsp3) is 0.444. The molecule has 1 fully saturated rings. The zero-order chi connectivity index (χ0) is 17.6. The summed E-state index contributed by atoms with van der Waals surface area (Å²) in [5.74, 6) is -0.195. The molecule has 25 heavy (non-hydrogen) atoms. The van der Waals surface area contributed by atoms with Crippen LogP contribution in [-0.4, -0.2) is 53.9 Å². The molecule has 1 aromatic carbocycles. The number of nitrogens with one attached hydrogen (secondary N) is 1. The van der Waals surface area contributed by atoms with Crippen LogP contribution in [0.1, 0.15) is 6.42 Å². The highest BCUT2D eigenvalue weighted by molar-refractivity contribution is 5.46. The van der Waals surface area contributed by atoms with Crippen molar-refractivity contribution in [3.05, 3.63) is 52.7 Å². The Kier molecular flexibility index (Phi) is 5.65. The maximum Gasteiger partial charge on any atom is 0.289 e. The zero-order valence-corrected chi connectivity index (χ0v) is 14.5. The van der Waals surface area contributed by atoms with Crippen molar-refractivity contribution in [1.29, 1.82) is 0 Å². The van der Waals surface area contributed by atoms with Gasteiger partial charge in [0.1, 0.15) is 11.5 Å². The molecule has 2 heterocycles. The Morgan fingerprint density at radius 3 is 2.56 bits per heavy atom. The lowest BCUT2D eigenvalue weighted by Gasteiger charge is -2.36. The molecule has 1 N–H and O–H groups in total. The highest BCUT2D eigenvalue weighted by Crippen LogP contribution is 2.16. The number of nitrogens with zero attached hydrogens (tertiary/aromatic N) is 4. The van der Waals surface area contributed by atoms with Gasteiger partial charge in [0.25, 0.3) is 5.56 Å². The molecular weight excluding hydrogens is 321 g/mol. The summed E-state index contributed by atoms with van der Waals surface area (Å²) in [5.41, 5.74) is 1.57. The van der Waals surface area contributed by atoms with Crippen LogP contribution in [0, 0.1) is 5.82 Å². The van der Waals surface area contributed by atoms with E-state index < -0.39 is 0 Å². The van der Waals surface area contributed by atoms with E-state index in [9.17, 15) is 9.18 Å². The molecule has 1 aromatic heterocycles. The average Bonchev–Trinajstić information content (AvgIpc) is 2.63. The molecule has 0 atom stereocenters. The van der Waals surface area contributed by atoms with Gasteiger partial charge in [-0.1, -0.05) is 0 Å². The SMILES string of the molecule is Cn1nccc(NCCCN2CCN(c3ccc(F)cc3)CC2)c1=O. The van der Waals surface area contributed by atoms with Gasteiger partial charge in [-0.25, -0.2) is 9.07 Å². The molecule has 1 saturated heterocycles. The lowest BCUT2D eigenvalue weighted by Crippen LogP contribution is -2.46. The van der Waals surface area contributed by atoms with E-state index in [0.29, 0.717) is 5.69 Å². The van der Waals surface area contributed by atoms with Gasteiger partial charge in [-0.15, -0.1) is 0 Å². The van der Waals surface area contributed by atoms with Crippen LogP contribution in [-0.2, 0) is 7.05 Å². The van der Waals surface area contributed by atoms with Crippen molar-refractivity contribution in [2.45, 2.75) is 6.42 Å².